The van der Waals surface area contributed by atoms with E-state index in [1.165, 1.54) is 6.92 Å². The first-order chi connectivity index (χ1) is 5.10. The molecule has 0 heterocycles. The Morgan fingerprint density at radius 1 is 1.31 bits per heavy atom. The van der Waals surface area contributed by atoms with E-state index in [0.717, 1.165) is 0 Å². The molecule has 5 heteroatoms. The summed E-state index contributed by atoms with van der Waals surface area (Å²) in [6, 6.07) is 0. The minimum absolute atomic E-state index is 0. The van der Waals surface area contributed by atoms with Crippen LogP contribution in [0.3, 0.4) is 0 Å². The minimum atomic E-state index is -0.356. The molecule has 0 aromatic carbocycles. The van der Waals surface area contributed by atoms with Crippen LogP contribution in [0.2, 0.25) is 0 Å². The van der Waals surface area contributed by atoms with Gasteiger partial charge in [-0.2, -0.15) is 7.11 Å². The van der Waals surface area contributed by atoms with Crippen LogP contribution in [0.1, 0.15) is 20.8 Å². The Hall–Kier alpha value is 0.104. The van der Waals surface area contributed by atoms with E-state index in [4.69, 9.17) is 10.2 Å². The van der Waals surface area contributed by atoms with Gasteiger partial charge in [0, 0.05) is 20.1 Å². The van der Waals surface area contributed by atoms with Gasteiger partial charge in [-0.3, -0.25) is 4.79 Å². The molecule has 4 nitrogen and oxygen atoms in total. The second-order valence-corrected chi connectivity index (χ2v) is 1.27. The second kappa shape index (κ2) is 40.1. The molecule has 0 saturated carbocycles. The van der Waals surface area contributed by atoms with E-state index < -0.39 is 0 Å². The van der Waals surface area contributed by atoms with E-state index in [1.54, 1.807) is 13.8 Å². The molecule has 0 fully saturated rings. The molecular weight excluding hydrogens is 208 g/mol. The van der Waals surface area contributed by atoms with Crippen LogP contribution in [0, 0.1) is 14.5 Å². The average Bonchev–Trinajstić information content (AvgIpc) is 1.91. The van der Waals surface area contributed by atoms with Gasteiger partial charge in [-0.1, -0.05) is 0 Å². The fourth-order valence-corrected chi connectivity index (χ4v) is 0. The van der Waals surface area contributed by atoms with E-state index in [0.29, 0.717) is 0 Å². The van der Waals surface area contributed by atoms with Gasteiger partial charge in [0.15, 0.2) is 0 Å². The molecule has 2 N–H and O–H groups in total. The number of ether oxygens (including phenoxy) is 1. The van der Waals surface area contributed by atoms with Crippen LogP contribution in [0.5, 0.6) is 0 Å². The summed E-state index contributed by atoms with van der Waals surface area (Å²) >= 11 is 0. The number of hydrogen-bond acceptors (Lipinski definition) is 4. The summed E-state index contributed by atoms with van der Waals surface area (Å²) in [5.41, 5.74) is 0. The van der Waals surface area contributed by atoms with Crippen molar-refractivity contribution in [3.8, 4) is 0 Å². The molecule has 0 unspecified atom stereocenters. The molecule has 0 atom stereocenters. The van der Waals surface area contributed by atoms with Crippen LogP contribution in [0.25, 0.3) is 0 Å². The molecule has 0 spiro atoms. The maximum absolute atomic E-state index is 9.53. The van der Waals surface area contributed by atoms with Crippen LogP contribution in [-0.4, -0.2) is 29.4 Å². The van der Waals surface area contributed by atoms with Gasteiger partial charge in [-0.25, -0.2) is 0 Å². The number of carbonyl (C=O) groups excluding carboxylic acids is 1. The molecule has 13 heavy (non-hydrogen) atoms. The van der Waals surface area contributed by atoms with E-state index in [2.05, 4.69) is 11.8 Å². The van der Waals surface area contributed by atoms with E-state index in [1.807, 2.05) is 0 Å². The van der Waals surface area contributed by atoms with Crippen LogP contribution < -0.4 is 0 Å². The van der Waals surface area contributed by atoms with Gasteiger partial charge in [-0.15, -0.1) is 0 Å². The Labute approximate surface area is 96.2 Å². The summed E-state index contributed by atoms with van der Waals surface area (Å²) in [5.74, 6) is -0.356. The third-order valence-electron chi connectivity index (χ3n) is 0.203. The van der Waals surface area contributed by atoms with E-state index in [9.17, 15) is 4.79 Å². The first-order valence-corrected chi connectivity index (χ1v) is 3.24. The average molecular weight is 228 g/mol. The molecule has 0 bridgehead atoms. The fourth-order valence-electron chi connectivity index (χ4n) is 0. The summed E-state index contributed by atoms with van der Waals surface area (Å²) < 4.78 is 3.86. The van der Waals surface area contributed by atoms with Gasteiger partial charge in [0.25, 0.3) is 5.97 Å². The normalized spacial score (nSPS) is 5.38. The molecule has 0 radical (unpaired) electrons. The van der Waals surface area contributed by atoms with Crippen molar-refractivity contribution in [1.82, 2.24) is 0 Å². The van der Waals surface area contributed by atoms with Crippen molar-refractivity contribution >= 4 is 5.97 Å². The maximum atomic E-state index is 9.53. The van der Waals surface area contributed by atoms with Gasteiger partial charge in [0.05, 0.1) is 0 Å². The largest absolute Gasteiger partial charge is 2.00 e. The molecule has 0 aliphatic rings. The number of rotatable bonds is 0. The van der Waals surface area contributed by atoms with Crippen molar-refractivity contribution in [3.63, 3.8) is 0 Å². The molecule has 80 valence electrons. The Morgan fingerprint density at radius 3 is 1.38 bits per heavy atom. The number of carbonyl (C=O) groups is 1. The maximum Gasteiger partial charge on any atom is 2.00 e. The van der Waals surface area contributed by atoms with Crippen molar-refractivity contribution in [2.45, 2.75) is 20.8 Å². The third kappa shape index (κ3) is 279. The molecule has 0 aromatic rings. The molecule has 0 aliphatic carbocycles. The zero-order valence-electron chi connectivity index (χ0n) is 8.83. The second-order valence-electron chi connectivity index (χ2n) is 1.27. The number of aliphatic hydroxyl groups is 2. The summed E-state index contributed by atoms with van der Waals surface area (Å²) in [4.78, 5) is 9.53. The molecule has 0 aromatic heterocycles. The fraction of sp³-hybridized carbons (Fsp3) is 0.625. The summed E-state index contributed by atoms with van der Waals surface area (Å²) in [6.07, 6.45) is 0. The van der Waals surface area contributed by atoms with Gasteiger partial charge in [0.1, 0.15) is 0 Å². The summed E-state index contributed by atoms with van der Waals surface area (Å²) in [6.45, 7) is 5.16. The van der Waals surface area contributed by atoms with Crippen LogP contribution in [-0.2, 0) is 31.2 Å². The molecule has 0 saturated heterocycles. The standard InChI is InChI=1S/C3H5O2.2C2H6O.CH3.Ti/c1-3(4)5-2;2*1-2-3;;/h2H2,1H3;2*3H,2H2,1H3;1H3;/q-1;;;-1;+2. The zero-order valence-corrected chi connectivity index (χ0v) is 10.4. The van der Waals surface area contributed by atoms with Crippen molar-refractivity contribution in [2.75, 3.05) is 13.2 Å². The number of hydrogen-bond donors (Lipinski definition) is 2. The Bertz CT molecular complexity index is 67.2. The molecule has 0 aliphatic heterocycles. The van der Waals surface area contributed by atoms with E-state index in [-0.39, 0.29) is 48.3 Å². The van der Waals surface area contributed by atoms with Gasteiger partial charge in [0.2, 0.25) is 0 Å². The molecule has 0 rings (SSSR count). The first-order valence-electron chi connectivity index (χ1n) is 3.24. The zero-order chi connectivity index (χ0) is 9.70. The Balaban J connectivity index is -0.0000000240. The topological polar surface area (TPSA) is 66.8 Å². The van der Waals surface area contributed by atoms with Crippen LogP contribution in [0.15, 0.2) is 0 Å². The van der Waals surface area contributed by atoms with Crippen molar-refractivity contribution in [1.29, 1.82) is 0 Å². The van der Waals surface area contributed by atoms with Gasteiger partial charge >= 0.3 is 21.7 Å². The van der Waals surface area contributed by atoms with Gasteiger partial charge in [-0.05, 0) is 13.8 Å². The Kier molecular flexibility index (Phi) is 90.1. The van der Waals surface area contributed by atoms with E-state index >= 15 is 0 Å². The summed E-state index contributed by atoms with van der Waals surface area (Å²) in [7, 11) is 2.84. The van der Waals surface area contributed by atoms with Crippen molar-refractivity contribution < 1.29 is 41.5 Å². The SMILES string of the molecule is CCO.CCO.[CH2-]OC(C)=O.[CH3-].[Ti+2]. The van der Waals surface area contributed by atoms with Gasteiger partial charge < -0.3 is 22.4 Å². The Morgan fingerprint density at radius 2 is 1.38 bits per heavy atom. The monoisotopic (exact) mass is 228 g/mol. The first kappa shape index (κ1) is 29.2. The van der Waals surface area contributed by atoms with Crippen LogP contribution >= 0.6 is 0 Å². The minimum Gasteiger partial charge on any atom is -0.640 e. The number of aliphatic hydroxyl groups excluding tert-OH is 2. The quantitative estimate of drug-likeness (QED) is 0.365. The smallest absolute Gasteiger partial charge is 0.640 e. The van der Waals surface area contributed by atoms with Crippen LogP contribution in [0.4, 0.5) is 0 Å². The van der Waals surface area contributed by atoms with Crippen molar-refractivity contribution in [3.05, 3.63) is 14.5 Å². The molecule has 0 amide bonds. The predicted octanol–water partition coefficient (Wildman–Crippen LogP) is 0.786. The van der Waals surface area contributed by atoms with Crippen molar-refractivity contribution in [2.24, 2.45) is 0 Å². The third-order valence-corrected chi connectivity index (χ3v) is 0.203. The predicted molar refractivity (Wildman–Crippen MR) is 49.1 cm³/mol. The number of esters is 1. The molecular formula is C8H20O4Ti. The summed E-state index contributed by atoms with van der Waals surface area (Å²) in [5, 5.41) is 15.1.